The largest absolute Gasteiger partial charge is 0.310 e. The van der Waals surface area contributed by atoms with Crippen LogP contribution in [0.4, 0.5) is 0 Å². The molecule has 0 saturated heterocycles. The molecule has 1 fully saturated rings. The SMILES string of the molecule is c1cc(-n2cncn2)c(CNC2CC2)cn1. The normalized spacial score (nSPS) is 15.2. The molecule has 0 radical (unpaired) electrons. The zero-order valence-corrected chi connectivity index (χ0v) is 8.87. The average molecular weight is 215 g/mol. The first-order valence-electron chi connectivity index (χ1n) is 5.45. The third-order valence-electron chi connectivity index (χ3n) is 2.70. The summed E-state index contributed by atoms with van der Waals surface area (Å²) < 4.78 is 1.77. The molecule has 0 aliphatic heterocycles. The summed E-state index contributed by atoms with van der Waals surface area (Å²) >= 11 is 0. The monoisotopic (exact) mass is 215 g/mol. The first-order chi connectivity index (χ1) is 7.93. The molecule has 1 saturated carbocycles. The number of nitrogens with one attached hydrogen (secondary N) is 1. The van der Waals surface area contributed by atoms with Crippen molar-refractivity contribution < 1.29 is 0 Å². The predicted molar refractivity (Wildman–Crippen MR) is 59.0 cm³/mol. The number of nitrogens with zero attached hydrogens (tertiary/aromatic N) is 4. The maximum Gasteiger partial charge on any atom is 0.138 e. The Morgan fingerprint density at radius 1 is 1.38 bits per heavy atom. The van der Waals surface area contributed by atoms with E-state index in [1.807, 2.05) is 12.3 Å². The molecule has 0 atom stereocenters. The summed E-state index contributed by atoms with van der Waals surface area (Å²) in [4.78, 5) is 8.11. The lowest BCUT2D eigenvalue weighted by molar-refractivity contribution is 0.679. The topological polar surface area (TPSA) is 55.6 Å². The van der Waals surface area contributed by atoms with Gasteiger partial charge >= 0.3 is 0 Å². The van der Waals surface area contributed by atoms with Gasteiger partial charge in [-0.25, -0.2) is 9.67 Å². The van der Waals surface area contributed by atoms with Gasteiger partial charge in [0.15, 0.2) is 0 Å². The van der Waals surface area contributed by atoms with Crippen molar-refractivity contribution in [1.29, 1.82) is 0 Å². The summed E-state index contributed by atoms with van der Waals surface area (Å²) in [6.07, 6.45) is 9.48. The smallest absolute Gasteiger partial charge is 0.138 e. The van der Waals surface area contributed by atoms with E-state index in [0.717, 1.165) is 17.8 Å². The highest BCUT2D eigenvalue weighted by Crippen LogP contribution is 2.20. The molecule has 1 aliphatic carbocycles. The van der Waals surface area contributed by atoms with Crippen LogP contribution in [0.15, 0.2) is 31.1 Å². The van der Waals surface area contributed by atoms with Crippen LogP contribution in [-0.4, -0.2) is 25.8 Å². The van der Waals surface area contributed by atoms with Gasteiger partial charge in [0, 0.05) is 30.5 Å². The van der Waals surface area contributed by atoms with E-state index in [-0.39, 0.29) is 0 Å². The fraction of sp³-hybridized carbons (Fsp3) is 0.364. The van der Waals surface area contributed by atoms with Gasteiger partial charge < -0.3 is 5.32 Å². The second-order valence-electron chi connectivity index (χ2n) is 4.00. The van der Waals surface area contributed by atoms with E-state index in [4.69, 9.17) is 0 Å². The van der Waals surface area contributed by atoms with Crippen molar-refractivity contribution in [3.8, 4) is 5.69 Å². The number of pyridine rings is 1. The Bertz CT molecular complexity index is 461. The van der Waals surface area contributed by atoms with Crippen LogP contribution in [0.5, 0.6) is 0 Å². The Hall–Kier alpha value is -1.75. The first kappa shape index (κ1) is 9.47. The molecule has 0 aromatic carbocycles. The maximum atomic E-state index is 4.15. The lowest BCUT2D eigenvalue weighted by Gasteiger charge is -2.08. The van der Waals surface area contributed by atoms with Crippen molar-refractivity contribution in [2.45, 2.75) is 25.4 Å². The highest BCUT2D eigenvalue weighted by Gasteiger charge is 2.20. The summed E-state index contributed by atoms with van der Waals surface area (Å²) in [7, 11) is 0. The molecule has 16 heavy (non-hydrogen) atoms. The van der Waals surface area contributed by atoms with Crippen LogP contribution in [-0.2, 0) is 6.54 Å². The van der Waals surface area contributed by atoms with Gasteiger partial charge in [0.25, 0.3) is 0 Å². The predicted octanol–water partition coefficient (Wildman–Crippen LogP) is 0.914. The van der Waals surface area contributed by atoms with E-state index in [2.05, 4.69) is 20.4 Å². The van der Waals surface area contributed by atoms with E-state index in [1.165, 1.54) is 12.8 Å². The Morgan fingerprint density at radius 3 is 3.06 bits per heavy atom. The Balaban J connectivity index is 1.85. The molecule has 0 bridgehead atoms. The quantitative estimate of drug-likeness (QED) is 0.823. The van der Waals surface area contributed by atoms with Crippen LogP contribution >= 0.6 is 0 Å². The summed E-state index contributed by atoms with van der Waals surface area (Å²) in [6.45, 7) is 0.841. The number of hydrogen-bond acceptors (Lipinski definition) is 4. The highest BCUT2D eigenvalue weighted by molar-refractivity contribution is 5.37. The van der Waals surface area contributed by atoms with Gasteiger partial charge in [-0.3, -0.25) is 4.98 Å². The van der Waals surface area contributed by atoms with Gasteiger partial charge in [-0.1, -0.05) is 0 Å². The summed E-state index contributed by atoms with van der Waals surface area (Å²) in [5, 5.41) is 7.61. The molecule has 3 rings (SSSR count). The molecule has 0 amide bonds. The van der Waals surface area contributed by atoms with Gasteiger partial charge in [-0.05, 0) is 18.9 Å². The van der Waals surface area contributed by atoms with Gasteiger partial charge in [0.1, 0.15) is 12.7 Å². The van der Waals surface area contributed by atoms with Crippen LogP contribution < -0.4 is 5.32 Å². The minimum absolute atomic E-state index is 0.698. The molecule has 5 heteroatoms. The van der Waals surface area contributed by atoms with E-state index in [0.29, 0.717) is 6.04 Å². The molecule has 5 nitrogen and oxygen atoms in total. The zero-order chi connectivity index (χ0) is 10.8. The second kappa shape index (κ2) is 4.02. The van der Waals surface area contributed by atoms with Gasteiger partial charge in [-0.15, -0.1) is 0 Å². The van der Waals surface area contributed by atoms with Gasteiger partial charge in [0.2, 0.25) is 0 Å². The minimum atomic E-state index is 0.698. The lowest BCUT2D eigenvalue weighted by atomic mass is 10.2. The van der Waals surface area contributed by atoms with Gasteiger partial charge in [0.05, 0.1) is 5.69 Å². The number of rotatable bonds is 4. The average Bonchev–Trinajstić information content (AvgIpc) is 3.00. The maximum absolute atomic E-state index is 4.15. The van der Waals surface area contributed by atoms with Crippen LogP contribution in [0.3, 0.4) is 0 Å². The molecular weight excluding hydrogens is 202 g/mol. The van der Waals surface area contributed by atoms with Crippen molar-refractivity contribution in [2.75, 3.05) is 0 Å². The molecule has 0 unspecified atom stereocenters. The van der Waals surface area contributed by atoms with Crippen LogP contribution in [0, 0.1) is 0 Å². The zero-order valence-electron chi connectivity index (χ0n) is 8.87. The Morgan fingerprint density at radius 2 is 2.31 bits per heavy atom. The fourth-order valence-electron chi connectivity index (χ4n) is 1.65. The van der Waals surface area contributed by atoms with E-state index >= 15 is 0 Å². The van der Waals surface area contributed by atoms with Crippen molar-refractivity contribution in [2.24, 2.45) is 0 Å². The Kier molecular flexibility index (Phi) is 2.38. The molecular formula is C11H13N5. The Labute approximate surface area is 93.5 Å². The molecule has 2 aromatic rings. The lowest BCUT2D eigenvalue weighted by Crippen LogP contribution is -2.17. The molecule has 2 heterocycles. The van der Waals surface area contributed by atoms with Crippen LogP contribution in [0.2, 0.25) is 0 Å². The summed E-state index contributed by atoms with van der Waals surface area (Å²) in [6, 6.07) is 2.65. The molecule has 2 aromatic heterocycles. The molecule has 1 aliphatic rings. The summed E-state index contributed by atoms with van der Waals surface area (Å²) in [5.74, 6) is 0. The first-order valence-corrected chi connectivity index (χ1v) is 5.45. The third-order valence-corrected chi connectivity index (χ3v) is 2.70. The van der Waals surface area contributed by atoms with Crippen molar-refractivity contribution in [3.05, 3.63) is 36.7 Å². The highest BCUT2D eigenvalue weighted by atomic mass is 15.3. The van der Waals surface area contributed by atoms with Gasteiger partial charge in [-0.2, -0.15) is 5.10 Å². The molecule has 0 spiro atoms. The standard InChI is InChI=1S/C11H13N5/c1-2-10(1)14-6-9-5-12-4-3-11(9)16-8-13-7-15-16/h3-5,7-8,10,14H,1-2,6H2. The van der Waals surface area contributed by atoms with Crippen molar-refractivity contribution in [3.63, 3.8) is 0 Å². The second-order valence-corrected chi connectivity index (χ2v) is 4.00. The number of hydrogen-bond donors (Lipinski definition) is 1. The van der Waals surface area contributed by atoms with E-state index < -0.39 is 0 Å². The van der Waals surface area contributed by atoms with Crippen molar-refractivity contribution in [1.82, 2.24) is 25.1 Å². The van der Waals surface area contributed by atoms with E-state index in [9.17, 15) is 0 Å². The summed E-state index contributed by atoms with van der Waals surface area (Å²) in [5.41, 5.74) is 2.19. The fourth-order valence-corrected chi connectivity index (χ4v) is 1.65. The molecule has 82 valence electrons. The van der Waals surface area contributed by atoms with E-state index in [1.54, 1.807) is 23.5 Å². The third kappa shape index (κ3) is 1.94. The number of aromatic nitrogens is 4. The van der Waals surface area contributed by atoms with Crippen LogP contribution in [0.25, 0.3) is 5.69 Å². The van der Waals surface area contributed by atoms with Crippen molar-refractivity contribution >= 4 is 0 Å². The minimum Gasteiger partial charge on any atom is -0.310 e. The van der Waals surface area contributed by atoms with Crippen LogP contribution in [0.1, 0.15) is 18.4 Å². The molecule has 1 N–H and O–H groups in total.